The molecule has 1 fully saturated rings. The van der Waals surface area contributed by atoms with Gasteiger partial charge < -0.3 is 11.1 Å². The largest absolute Gasteiger partial charge is 0.348 e. The Morgan fingerprint density at radius 1 is 1.38 bits per heavy atom. The molecule has 6 nitrogen and oxygen atoms in total. The summed E-state index contributed by atoms with van der Waals surface area (Å²) >= 11 is 6.66. The molecule has 1 amide bonds. The van der Waals surface area contributed by atoms with Gasteiger partial charge in [0, 0.05) is 6.54 Å². The SMILES string of the molecule is NCC1(NC(=O)CNS(=O)(=O)c2ccc(Cl)s2)CCCC1. The summed E-state index contributed by atoms with van der Waals surface area (Å²) in [6.07, 6.45) is 3.72. The molecule has 1 aliphatic rings. The number of nitrogens with one attached hydrogen (secondary N) is 2. The number of thiophene rings is 1. The maximum Gasteiger partial charge on any atom is 0.250 e. The van der Waals surface area contributed by atoms with Crippen LogP contribution in [0, 0.1) is 0 Å². The van der Waals surface area contributed by atoms with Crippen LogP contribution in [0.1, 0.15) is 25.7 Å². The van der Waals surface area contributed by atoms with Gasteiger partial charge in [0.2, 0.25) is 5.91 Å². The Balaban J connectivity index is 1.92. The van der Waals surface area contributed by atoms with Crippen molar-refractivity contribution in [3.63, 3.8) is 0 Å². The van der Waals surface area contributed by atoms with Crippen LogP contribution in [0.25, 0.3) is 0 Å². The molecule has 1 aromatic rings. The van der Waals surface area contributed by atoms with Gasteiger partial charge in [-0.3, -0.25) is 4.79 Å². The summed E-state index contributed by atoms with van der Waals surface area (Å²) < 4.78 is 26.7. The summed E-state index contributed by atoms with van der Waals surface area (Å²) in [6.45, 7) is 0.0611. The van der Waals surface area contributed by atoms with Gasteiger partial charge in [0.25, 0.3) is 10.0 Å². The zero-order chi connectivity index (χ0) is 15.5. The average Bonchev–Trinajstić information content (AvgIpc) is 3.07. The maximum absolute atomic E-state index is 12.0. The highest BCUT2D eigenvalue weighted by Gasteiger charge is 2.34. The highest BCUT2D eigenvalue weighted by molar-refractivity contribution is 7.91. The number of carbonyl (C=O) groups excluding carboxylic acids is 1. The molecular formula is C12H18ClN3O3S2. The second-order valence-corrected chi connectivity index (χ2v) is 8.83. The van der Waals surface area contributed by atoms with Crippen molar-refractivity contribution in [1.29, 1.82) is 0 Å². The lowest BCUT2D eigenvalue weighted by Crippen LogP contribution is -2.54. The Morgan fingerprint density at radius 2 is 2.05 bits per heavy atom. The molecule has 118 valence electrons. The quantitative estimate of drug-likeness (QED) is 0.713. The predicted molar refractivity (Wildman–Crippen MR) is 82.9 cm³/mol. The molecule has 0 spiro atoms. The maximum atomic E-state index is 12.0. The Hall–Kier alpha value is -0.670. The van der Waals surface area contributed by atoms with Gasteiger partial charge in [-0.1, -0.05) is 24.4 Å². The van der Waals surface area contributed by atoms with Gasteiger partial charge in [-0.25, -0.2) is 13.1 Å². The normalized spacial score (nSPS) is 17.8. The van der Waals surface area contributed by atoms with E-state index < -0.39 is 10.0 Å². The van der Waals surface area contributed by atoms with Crippen LogP contribution in [-0.4, -0.2) is 33.0 Å². The average molecular weight is 352 g/mol. The van der Waals surface area contributed by atoms with Crippen molar-refractivity contribution in [3.05, 3.63) is 16.5 Å². The molecule has 1 saturated carbocycles. The summed E-state index contributed by atoms with van der Waals surface area (Å²) in [6, 6.07) is 2.91. The van der Waals surface area contributed by atoms with Gasteiger partial charge >= 0.3 is 0 Å². The van der Waals surface area contributed by atoms with E-state index in [1.165, 1.54) is 12.1 Å². The van der Waals surface area contributed by atoms with Crippen molar-refractivity contribution in [2.75, 3.05) is 13.1 Å². The number of amides is 1. The molecule has 0 aromatic carbocycles. The monoisotopic (exact) mass is 351 g/mol. The Kier molecular flexibility index (Phi) is 5.26. The van der Waals surface area contributed by atoms with Crippen molar-refractivity contribution in [2.45, 2.75) is 35.4 Å². The number of halogens is 1. The van der Waals surface area contributed by atoms with Crippen LogP contribution in [-0.2, 0) is 14.8 Å². The first-order chi connectivity index (χ1) is 9.87. The number of hydrogen-bond donors (Lipinski definition) is 3. The third-order valence-electron chi connectivity index (χ3n) is 3.59. The lowest BCUT2D eigenvalue weighted by Gasteiger charge is -2.28. The van der Waals surface area contributed by atoms with Crippen LogP contribution in [0.5, 0.6) is 0 Å². The Bertz CT molecular complexity index is 609. The molecule has 0 bridgehead atoms. The molecule has 4 N–H and O–H groups in total. The van der Waals surface area contributed by atoms with Gasteiger partial charge in [-0.15, -0.1) is 11.3 Å². The molecular weight excluding hydrogens is 334 g/mol. The first kappa shape index (κ1) is 16.7. The standard InChI is InChI=1S/C12H18ClN3O3S2/c13-9-3-4-11(20-9)21(18,19)15-7-10(17)16-12(8-14)5-1-2-6-12/h3-4,15H,1-2,5-8,14H2,(H,16,17). The molecule has 9 heteroatoms. The third kappa shape index (κ3) is 4.17. The molecule has 0 atom stereocenters. The number of rotatable bonds is 6. The fourth-order valence-electron chi connectivity index (χ4n) is 2.45. The van der Waals surface area contributed by atoms with E-state index >= 15 is 0 Å². The summed E-state index contributed by atoms with van der Waals surface area (Å²) in [5.74, 6) is -0.367. The Morgan fingerprint density at radius 3 is 2.57 bits per heavy atom. The molecule has 21 heavy (non-hydrogen) atoms. The topological polar surface area (TPSA) is 101 Å². The van der Waals surface area contributed by atoms with Crippen LogP contribution < -0.4 is 15.8 Å². The first-order valence-electron chi connectivity index (χ1n) is 6.63. The third-order valence-corrected chi connectivity index (χ3v) is 6.72. The molecule has 0 radical (unpaired) electrons. The van der Waals surface area contributed by atoms with E-state index in [9.17, 15) is 13.2 Å². The van der Waals surface area contributed by atoms with Gasteiger partial charge in [-0.05, 0) is 25.0 Å². The highest BCUT2D eigenvalue weighted by Crippen LogP contribution is 2.28. The van der Waals surface area contributed by atoms with Gasteiger partial charge in [0.1, 0.15) is 4.21 Å². The summed E-state index contributed by atoms with van der Waals surface area (Å²) in [4.78, 5) is 11.9. The van der Waals surface area contributed by atoms with Crippen LogP contribution in [0.4, 0.5) is 0 Å². The lowest BCUT2D eigenvalue weighted by atomic mass is 9.98. The van der Waals surface area contributed by atoms with Crippen molar-refractivity contribution >= 4 is 38.9 Å². The lowest BCUT2D eigenvalue weighted by molar-refractivity contribution is -0.121. The number of hydrogen-bond acceptors (Lipinski definition) is 5. The molecule has 2 rings (SSSR count). The van der Waals surface area contributed by atoms with Crippen LogP contribution in [0.15, 0.2) is 16.3 Å². The molecule has 0 unspecified atom stereocenters. The van der Waals surface area contributed by atoms with Gasteiger partial charge in [0.15, 0.2) is 0 Å². The number of sulfonamides is 1. The van der Waals surface area contributed by atoms with E-state index in [1.807, 2.05) is 0 Å². The summed E-state index contributed by atoms with van der Waals surface area (Å²) in [5, 5.41) is 2.86. The summed E-state index contributed by atoms with van der Waals surface area (Å²) in [5.41, 5.74) is 5.35. The van der Waals surface area contributed by atoms with Crippen LogP contribution >= 0.6 is 22.9 Å². The van der Waals surface area contributed by atoms with Crippen molar-refractivity contribution < 1.29 is 13.2 Å². The summed E-state index contributed by atoms with van der Waals surface area (Å²) in [7, 11) is -3.70. The smallest absolute Gasteiger partial charge is 0.250 e. The fourth-order valence-corrected chi connectivity index (χ4v) is 4.96. The minimum Gasteiger partial charge on any atom is -0.348 e. The van der Waals surface area contributed by atoms with E-state index in [0.717, 1.165) is 37.0 Å². The van der Waals surface area contributed by atoms with Gasteiger partial charge in [-0.2, -0.15) is 0 Å². The van der Waals surface area contributed by atoms with E-state index in [2.05, 4.69) is 10.0 Å². The Labute approximate surface area is 133 Å². The van der Waals surface area contributed by atoms with Crippen molar-refractivity contribution in [1.82, 2.24) is 10.0 Å². The fraction of sp³-hybridized carbons (Fsp3) is 0.583. The van der Waals surface area contributed by atoms with Crippen molar-refractivity contribution in [2.24, 2.45) is 5.73 Å². The number of carbonyl (C=O) groups is 1. The first-order valence-corrected chi connectivity index (χ1v) is 9.31. The second kappa shape index (κ2) is 6.62. The van der Waals surface area contributed by atoms with E-state index in [4.69, 9.17) is 17.3 Å². The zero-order valence-electron chi connectivity index (χ0n) is 11.4. The minimum atomic E-state index is -3.70. The predicted octanol–water partition coefficient (Wildman–Crippen LogP) is 1.07. The number of nitrogens with two attached hydrogens (primary N) is 1. The molecule has 0 saturated heterocycles. The second-order valence-electron chi connectivity index (χ2n) is 5.12. The van der Waals surface area contributed by atoms with Crippen LogP contribution in [0.3, 0.4) is 0 Å². The molecule has 1 aromatic heterocycles. The van der Waals surface area contributed by atoms with E-state index in [-0.39, 0.29) is 22.2 Å². The van der Waals surface area contributed by atoms with Crippen LogP contribution in [0.2, 0.25) is 4.34 Å². The molecule has 1 aliphatic carbocycles. The van der Waals surface area contributed by atoms with Crippen molar-refractivity contribution in [3.8, 4) is 0 Å². The molecule has 0 aliphatic heterocycles. The van der Waals surface area contributed by atoms with Gasteiger partial charge in [0.05, 0.1) is 16.4 Å². The minimum absolute atomic E-state index is 0.0923. The zero-order valence-corrected chi connectivity index (χ0v) is 13.8. The van der Waals surface area contributed by atoms with E-state index in [1.54, 1.807) is 0 Å². The molecule has 1 heterocycles. The van der Waals surface area contributed by atoms with E-state index in [0.29, 0.717) is 10.9 Å². The highest BCUT2D eigenvalue weighted by atomic mass is 35.5.